The van der Waals surface area contributed by atoms with E-state index in [0.29, 0.717) is 0 Å². The summed E-state index contributed by atoms with van der Waals surface area (Å²) in [4.78, 5) is 0. The third-order valence-electron chi connectivity index (χ3n) is 0. The molecule has 0 atom stereocenters. The summed E-state index contributed by atoms with van der Waals surface area (Å²) in [6.07, 6.45) is 0. The molecule has 0 rings (SSSR count). The molecule has 0 unspecified atom stereocenters. The molecule has 0 amide bonds. The predicted octanol–water partition coefficient (Wildman–Crippen LogP) is 0.712. The molecule has 0 spiro atoms. The van der Waals surface area contributed by atoms with Crippen molar-refractivity contribution >= 4 is 68.7 Å². The molecule has 6 heavy (non-hydrogen) atoms. The van der Waals surface area contributed by atoms with Crippen LogP contribution in [0.4, 0.5) is 0 Å². The molecule has 0 fully saturated rings. The predicted molar refractivity (Wildman–Crippen MR) is 44.0 cm³/mol. The molecular formula is C4H20AlK. The second-order valence-corrected chi connectivity index (χ2v) is 0. The van der Waals surface area contributed by atoms with Crippen molar-refractivity contribution in [2.75, 3.05) is 0 Å². The van der Waals surface area contributed by atoms with Gasteiger partial charge >= 0.3 is 51.4 Å². The Morgan fingerprint density at radius 3 is 0.833 bits per heavy atom. The zero-order valence-corrected chi connectivity index (χ0v) is 4.00. The standard InChI is InChI=1S/2C2H6.Al.K.2H2.4H/c2*1-2;;;;;;;;/h2*1-2H3;;;2*1H;;;;. The Kier molecular flexibility index (Phi) is 233. The van der Waals surface area contributed by atoms with Gasteiger partial charge < -0.3 is 0 Å². The first kappa shape index (κ1) is 24.2. The first-order valence-corrected chi connectivity index (χ1v) is 2.00. The van der Waals surface area contributed by atoms with Gasteiger partial charge in [-0.3, -0.25) is 0 Å². The van der Waals surface area contributed by atoms with Gasteiger partial charge in [-0.25, -0.2) is 0 Å². The summed E-state index contributed by atoms with van der Waals surface area (Å²) < 4.78 is 0. The van der Waals surface area contributed by atoms with E-state index in [-0.39, 0.29) is 71.6 Å². The van der Waals surface area contributed by atoms with Gasteiger partial charge in [-0.15, -0.1) is 0 Å². The third kappa shape index (κ3) is 35.0. The Hall–Kier alpha value is 2.17. The maximum atomic E-state index is 2.00. The van der Waals surface area contributed by atoms with Crippen LogP contribution in [0.1, 0.15) is 30.5 Å². The molecule has 0 radical (unpaired) electrons. The van der Waals surface area contributed by atoms with Gasteiger partial charge in [-0.05, 0) is 0 Å². The van der Waals surface area contributed by atoms with Crippen LogP contribution in [0.25, 0.3) is 0 Å². The van der Waals surface area contributed by atoms with Crippen LogP contribution in [0, 0.1) is 0 Å². The number of hydrogen-bond acceptors (Lipinski definition) is 0. The summed E-state index contributed by atoms with van der Waals surface area (Å²) in [6.45, 7) is 8.00. The van der Waals surface area contributed by atoms with E-state index in [1.807, 2.05) is 27.7 Å². The van der Waals surface area contributed by atoms with E-state index in [0.717, 1.165) is 0 Å². The van der Waals surface area contributed by atoms with E-state index in [1.54, 1.807) is 0 Å². The fourth-order valence-corrected chi connectivity index (χ4v) is 0. The fraction of sp³-hybridized carbons (Fsp3) is 1.00. The second kappa shape index (κ2) is 58.0. The van der Waals surface area contributed by atoms with E-state index in [1.165, 1.54) is 0 Å². The zero-order chi connectivity index (χ0) is 4.00. The molecule has 0 aliphatic rings. The Balaban J connectivity index is -0.00000000167. The molecule has 2 heteroatoms. The normalized spacial score (nSPS) is 2.00. The summed E-state index contributed by atoms with van der Waals surface area (Å²) in [5.74, 6) is 0. The van der Waals surface area contributed by atoms with Crippen LogP contribution in [0.3, 0.4) is 0 Å². The number of rotatable bonds is 0. The molecule has 0 bridgehead atoms. The van der Waals surface area contributed by atoms with Crippen LogP contribution in [-0.2, 0) is 0 Å². The average Bonchev–Trinajstić information content (AvgIpc) is 1.50. The van der Waals surface area contributed by atoms with Crippen LogP contribution >= 0.6 is 0 Å². The summed E-state index contributed by atoms with van der Waals surface area (Å²) >= 11 is 0. The van der Waals surface area contributed by atoms with Crippen LogP contribution in [0.5, 0.6) is 0 Å². The molecule has 40 valence electrons. The van der Waals surface area contributed by atoms with Gasteiger partial charge in [0.2, 0.25) is 0 Å². The topological polar surface area (TPSA) is 0 Å². The van der Waals surface area contributed by atoms with Gasteiger partial charge in [0.05, 0.1) is 0 Å². The molecule has 0 aromatic carbocycles. The first-order chi connectivity index (χ1) is 2.00. The van der Waals surface area contributed by atoms with Crippen LogP contribution in [0.2, 0.25) is 0 Å². The van der Waals surface area contributed by atoms with Gasteiger partial charge in [0.1, 0.15) is 0 Å². The molecule has 0 aromatic rings. The van der Waals surface area contributed by atoms with Crippen molar-refractivity contribution in [2.24, 2.45) is 0 Å². The van der Waals surface area contributed by atoms with Gasteiger partial charge in [0.15, 0.2) is 17.4 Å². The summed E-state index contributed by atoms with van der Waals surface area (Å²) in [7, 11) is 0. The summed E-state index contributed by atoms with van der Waals surface area (Å²) in [5.41, 5.74) is 0. The Morgan fingerprint density at radius 2 is 0.833 bits per heavy atom. The van der Waals surface area contributed by atoms with Gasteiger partial charge in [-0.2, -0.15) is 0 Å². The monoisotopic (exact) mass is 134 g/mol. The third-order valence-corrected chi connectivity index (χ3v) is 0. The quantitative estimate of drug-likeness (QED) is 0.428. The molecule has 0 aliphatic heterocycles. The summed E-state index contributed by atoms with van der Waals surface area (Å²) in [5, 5.41) is 0. The van der Waals surface area contributed by atoms with Gasteiger partial charge in [-0.1, -0.05) is 27.7 Å². The zero-order valence-electron chi connectivity index (χ0n) is 4.00. The van der Waals surface area contributed by atoms with Crippen molar-refractivity contribution in [2.45, 2.75) is 27.7 Å². The molecule has 0 aromatic heterocycles. The van der Waals surface area contributed by atoms with Crippen molar-refractivity contribution in [3.8, 4) is 0 Å². The molecule has 0 saturated carbocycles. The molecule has 0 N–H and O–H groups in total. The minimum absolute atomic E-state index is 0. The number of hydrogen-bond donors (Lipinski definition) is 0. The van der Waals surface area contributed by atoms with Crippen LogP contribution in [-0.4, -0.2) is 68.7 Å². The van der Waals surface area contributed by atoms with E-state index < -0.39 is 0 Å². The Bertz CT molecular complexity index is 14.0. The van der Waals surface area contributed by atoms with Crippen molar-refractivity contribution < 1.29 is 2.85 Å². The fourth-order valence-electron chi connectivity index (χ4n) is 0. The average molecular weight is 134 g/mol. The molecule has 0 aliphatic carbocycles. The van der Waals surface area contributed by atoms with Gasteiger partial charge in [0, 0.05) is 2.85 Å². The molecule has 0 nitrogen and oxygen atoms in total. The Morgan fingerprint density at radius 1 is 0.833 bits per heavy atom. The molecule has 0 heterocycles. The van der Waals surface area contributed by atoms with E-state index in [2.05, 4.69) is 0 Å². The second-order valence-electron chi connectivity index (χ2n) is 0. The van der Waals surface area contributed by atoms with Crippen molar-refractivity contribution in [1.29, 1.82) is 0 Å². The summed E-state index contributed by atoms with van der Waals surface area (Å²) in [6, 6.07) is 0. The minimum atomic E-state index is 0. The Labute approximate surface area is 97.6 Å². The first-order valence-electron chi connectivity index (χ1n) is 2.00. The van der Waals surface area contributed by atoms with E-state index in [4.69, 9.17) is 0 Å². The maximum absolute atomic E-state index is 2.00. The van der Waals surface area contributed by atoms with E-state index in [9.17, 15) is 0 Å². The molecule has 0 saturated heterocycles. The van der Waals surface area contributed by atoms with Crippen molar-refractivity contribution in [1.82, 2.24) is 0 Å². The van der Waals surface area contributed by atoms with E-state index >= 15 is 0 Å². The van der Waals surface area contributed by atoms with Crippen molar-refractivity contribution in [3.05, 3.63) is 0 Å². The molecular weight excluding hydrogens is 114 g/mol. The van der Waals surface area contributed by atoms with Crippen molar-refractivity contribution in [3.63, 3.8) is 0 Å². The van der Waals surface area contributed by atoms with Crippen LogP contribution < -0.4 is 0 Å². The SMILES string of the molecule is CC.CC.[AlH3].[HH].[HH].[KH]. The van der Waals surface area contributed by atoms with Gasteiger partial charge in [0.25, 0.3) is 0 Å². The van der Waals surface area contributed by atoms with Crippen LogP contribution in [0.15, 0.2) is 0 Å².